The first kappa shape index (κ1) is 13.8. The minimum atomic E-state index is -0.712. The quantitative estimate of drug-likeness (QED) is 0.889. The molecule has 0 atom stereocenters. The van der Waals surface area contributed by atoms with E-state index >= 15 is 0 Å². The lowest BCUT2D eigenvalue weighted by atomic mass is 10.2. The van der Waals surface area contributed by atoms with Gasteiger partial charge in [-0.3, -0.25) is 4.79 Å². The summed E-state index contributed by atoms with van der Waals surface area (Å²) in [6.45, 7) is 0. The first-order chi connectivity index (χ1) is 9.51. The number of nitrogens with zero attached hydrogens (tertiary/aromatic N) is 2. The van der Waals surface area contributed by atoms with Crippen molar-refractivity contribution in [3.8, 4) is 6.07 Å². The molecule has 0 radical (unpaired) electrons. The van der Waals surface area contributed by atoms with Crippen molar-refractivity contribution >= 4 is 29.0 Å². The summed E-state index contributed by atoms with van der Waals surface area (Å²) < 4.78 is 13.7. The molecule has 0 aliphatic carbocycles. The molecule has 1 heterocycles. The van der Waals surface area contributed by atoms with Crippen molar-refractivity contribution in [2.45, 2.75) is 0 Å². The first-order valence-corrected chi connectivity index (χ1v) is 5.81. The van der Waals surface area contributed by atoms with Crippen molar-refractivity contribution in [1.29, 1.82) is 5.26 Å². The largest absolute Gasteiger partial charge is 0.384 e. The lowest BCUT2D eigenvalue weighted by Gasteiger charge is -2.08. The van der Waals surface area contributed by atoms with E-state index in [1.807, 2.05) is 0 Å². The summed E-state index contributed by atoms with van der Waals surface area (Å²) in [4.78, 5) is 15.7. The molecule has 0 bridgehead atoms. The van der Waals surface area contributed by atoms with Gasteiger partial charge in [-0.2, -0.15) is 5.26 Å². The van der Waals surface area contributed by atoms with E-state index in [0.717, 1.165) is 6.07 Å². The molecule has 1 aromatic heterocycles. The number of benzene rings is 1. The minimum Gasteiger partial charge on any atom is -0.384 e. The first-order valence-electron chi connectivity index (χ1n) is 5.43. The summed E-state index contributed by atoms with van der Waals surface area (Å²) in [5.74, 6) is -1.21. The molecule has 2 aromatic rings. The zero-order valence-electron chi connectivity index (χ0n) is 10.0. The fourth-order valence-corrected chi connectivity index (χ4v) is 1.69. The number of carbonyl (C=O) groups excluding carboxylic acids is 1. The zero-order valence-corrected chi connectivity index (χ0v) is 10.8. The van der Waals surface area contributed by atoms with Crippen LogP contribution in [0.2, 0.25) is 5.02 Å². The van der Waals surface area contributed by atoms with E-state index in [4.69, 9.17) is 22.6 Å². The van der Waals surface area contributed by atoms with E-state index in [-0.39, 0.29) is 27.7 Å². The Balaban J connectivity index is 2.28. The molecule has 0 aliphatic rings. The molecule has 2 rings (SSSR count). The number of carbonyl (C=O) groups is 1. The number of nitrogen functional groups attached to an aromatic ring is 1. The highest BCUT2D eigenvalue weighted by atomic mass is 35.5. The number of amides is 1. The third kappa shape index (κ3) is 2.84. The number of hydrogen-bond acceptors (Lipinski definition) is 4. The molecule has 100 valence electrons. The van der Waals surface area contributed by atoms with Gasteiger partial charge in [0.05, 0.1) is 27.9 Å². The molecule has 0 saturated carbocycles. The molecule has 0 unspecified atom stereocenters. The van der Waals surface area contributed by atoms with E-state index < -0.39 is 11.7 Å². The average molecular weight is 291 g/mol. The maximum atomic E-state index is 13.7. The van der Waals surface area contributed by atoms with Gasteiger partial charge in [0.2, 0.25) is 0 Å². The van der Waals surface area contributed by atoms with Crippen molar-refractivity contribution in [2.24, 2.45) is 0 Å². The molecule has 7 heteroatoms. The third-order valence-electron chi connectivity index (χ3n) is 2.47. The second-order valence-corrected chi connectivity index (χ2v) is 4.26. The highest BCUT2D eigenvalue weighted by Gasteiger charge is 2.14. The second kappa shape index (κ2) is 5.55. The van der Waals surface area contributed by atoms with Gasteiger partial charge in [0.15, 0.2) is 0 Å². The predicted octanol–water partition coefficient (Wildman–Crippen LogP) is 2.58. The fourth-order valence-electron chi connectivity index (χ4n) is 1.50. The Morgan fingerprint density at radius 1 is 1.45 bits per heavy atom. The fraction of sp³-hybridized carbons (Fsp3) is 0. The molecule has 0 fully saturated rings. The highest BCUT2D eigenvalue weighted by molar-refractivity contribution is 6.34. The van der Waals surface area contributed by atoms with E-state index in [1.165, 1.54) is 24.4 Å². The van der Waals surface area contributed by atoms with Gasteiger partial charge >= 0.3 is 0 Å². The highest BCUT2D eigenvalue weighted by Crippen LogP contribution is 2.20. The van der Waals surface area contributed by atoms with Crippen LogP contribution in [-0.4, -0.2) is 10.9 Å². The molecule has 5 nitrogen and oxygen atoms in total. The maximum Gasteiger partial charge on any atom is 0.257 e. The number of aromatic nitrogens is 1. The van der Waals surface area contributed by atoms with Gasteiger partial charge in [0.1, 0.15) is 11.6 Å². The van der Waals surface area contributed by atoms with Crippen molar-refractivity contribution < 1.29 is 9.18 Å². The van der Waals surface area contributed by atoms with Crippen LogP contribution < -0.4 is 11.1 Å². The Morgan fingerprint density at radius 2 is 2.20 bits per heavy atom. The number of nitriles is 1. The summed E-state index contributed by atoms with van der Waals surface area (Å²) >= 11 is 5.83. The van der Waals surface area contributed by atoms with Crippen LogP contribution in [0.25, 0.3) is 0 Å². The summed E-state index contributed by atoms with van der Waals surface area (Å²) in [6.07, 6.45) is 1.24. The molecule has 0 spiro atoms. The lowest BCUT2D eigenvalue weighted by Crippen LogP contribution is -2.14. The number of nitrogens with one attached hydrogen (secondary N) is 1. The van der Waals surface area contributed by atoms with Gasteiger partial charge in [0, 0.05) is 6.20 Å². The normalized spacial score (nSPS) is 9.85. The maximum absolute atomic E-state index is 13.7. The summed E-state index contributed by atoms with van der Waals surface area (Å²) in [5, 5.41) is 11.1. The minimum absolute atomic E-state index is 0.0551. The molecule has 3 N–H and O–H groups in total. The van der Waals surface area contributed by atoms with Gasteiger partial charge in [-0.05, 0) is 24.3 Å². The molecule has 0 saturated heterocycles. The number of nitrogens with two attached hydrogens (primary N) is 1. The van der Waals surface area contributed by atoms with Crippen molar-refractivity contribution in [3.63, 3.8) is 0 Å². The Hall–Kier alpha value is -2.65. The van der Waals surface area contributed by atoms with Gasteiger partial charge in [-0.25, -0.2) is 9.37 Å². The third-order valence-corrected chi connectivity index (χ3v) is 2.77. The molecule has 1 aromatic carbocycles. The number of pyridine rings is 1. The van der Waals surface area contributed by atoms with E-state index in [1.54, 1.807) is 6.07 Å². The number of anilines is 2. The predicted molar refractivity (Wildman–Crippen MR) is 72.7 cm³/mol. The van der Waals surface area contributed by atoms with Crippen LogP contribution in [0.1, 0.15) is 15.9 Å². The topological polar surface area (TPSA) is 91.8 Å². The molecular weight excluding hydrogens is 283 g/mol. The van der Waals surface area contributed by atoms with E-state index in [0.29, 0.717) is 0 Å². The monoisotopic (exact) mass is 290 g/mol. The number of hydrogen-bond donors (Lipinski definition) is 2. The SMILES string of the molecule is N#Cc1ccc(NC(=O)c2cc(N)ncc2Cl)c(F)c1. The zero-order chi connectivity index (χ0) is 14.7. The van der Waals surface area contributed by atoms with E-state index in [2.05, 4.69) is 10.3 Å². The Bertz CT molecular complexity index is 727. The van der Waals surface area contributed by atoms with Crippen LogP contribution in [0.15, 0.2) is 30.5 Å². The van der Waals surface area contributed by atoms with Crippen molar-refractivity contribution in [2.75, 3.05) is 11.1 Å². The van der Waals surface area contributed by atoms with Crippen molar-refractivity contribution in [3.05, 3.63) is 52.4 Å². The lowest BCUT2D eigenvalue weighted by molar-refractivity contribution is 0.102. The average Bonchev–Trinajstić information content (AvgIpc) is 2.43. The second-order valence-electron chi connectivity index (χ2n) is 3.85. The van der Waals surface area contributed by atoms with Gasteiger partial charge in [0.25, 0.3) is 5.91 Å². The van der Waals surface area contributed by atoms with Gasteiger partial charge in [-0.1, -0.05) is 11.6 Å². The van der Waals surface area contributed by atoms with Crippen LogP contribution in [0.5, 0.6) is 0 Å². The van der Waals surface area contributed by atoms with Crippen LogP contribution in [0, 0.1) is 17.1 Å². The smallest absolute Gasteiger partial charge is 0.257 e. The van der Waals surface area contributed by atoms with Crippen LogP contribution in [0.3, 0.4) is 0 Å². The summed E-state index contributed by atoms with van der Waals surface area (Å²) in [6, 6.07) is 6.80. The molecular formula is C13H8ClFN4O. The summed E-state index contributed by atoms with van der Waals surface area (Å²) in [7, 11) is 0. The van der Waals surface area contributed by atoms with Gasteiger partial charge < -0.3 is 11.1 Å². The van der Waals surface area contributed by atoms with Crippen LogP contribution in [0.4, 0.5) is 15.9 Å². The van der Waals surface area contributed by atoms with Crippen molar-refractivity contribution in [1.82, 2.24) is 4.98 Å². The Labute approximate surface area is 118 Å². The Kier molecular flexibility index (Phi) is 3.82. The van der Waals surface area contributed by atoms with E-state index in [9.17, 15) is 9.18 Å². The van der Waals surface area contributed by atoms with Crippen LogP contribution >= 0.6 is 11.6 Å². The number of rotatable bonds is 2. The molecule has 0 aliphatic heterocycles. The van der Waals surface area contributed by atoms with Crippen LogP contribution in [-0.2, 0) is 0 Å². The standard InChI is InChI=1S/C13H8ClFN4O/c14-9-6-18-12(17)4-8(9)13(20)19-11-2-1-7(5-16)3-10(11)15/h1-4,6H,(H2,17,18)(H,19,20). The Morgan fingerprint density at radius 3 is 2.85 bits per heavy atom. The van der Waals surface area contributed by atoms with Gasteiger partial charge in [-0.15, -0.1) is 0 Å². The summed E-state index contributed by atoms with van der Waals surface area (Å²) in [5.41, 5.74) is 5.66. The molecule has 20 heavy (non-hydrogen) atoms. The molecule has 1 amide bonds. The number of halogens is 2.